The minimum atomic E-state index is 0.00333. The molecule has 3 N–H and O–H groups in total. The van der Waals surface area contributed by atoms with Crippen LogP contribution in [0.4, 0.5) is 5.69 Å². The van der Waals surface area contributed by atoms with Crippen LogP contribution in [0.25, 0.3) is 0 Å². The van der Waals surface area contributed by atoms with E-state index >= 15 is 0 Å². The number of hydrogen-bond donors (Lipinski definition) is 2. The first-order valence-corrected chi connectivity index (χ1v) is 6.86. The number of anilines is 1. The Morgan fingerprint density at radius 2 is 2.16 bits per heavy atom. The third kappa shape index (κ3) is 3.93. The number of rotatable bonds is 4. The number of nitrogens with two attached hydrogens (primary N) is 1. The number of carbonyl (C=O) groups excluding carboxylic acids is 1. The first-order valence-electron chi connectivity index (χ1n) is 6.49. The summed E-state index contributed by atoms with van der Waals surface area (Å²) in [4.78, 5) is 14.1. The minimum Gasteiger partial charge on any atom is -0.330 e. The summed E-state index contributed by atoms with van der Waals surface area (Å²) >= 11 is 5.80. The molecular weight excluding hydrogens is 262 g/mol. The molecule has 0 bridgehead atoms. The van der Waals surface area contributed by atoms with E-state index in [1.165, 1.54) is 0 Å². The number of carbonyl (C=O) groups is 1. The summed E-state index contributed by atoms with van der Waals surface area (Å²) in [5.74, 6) is 0.00333. The number of amides is 1. The van der Waals surface area contributed by atoms with E-state index in [2.05, 4.69) is 17.1 Å². The average molecular weight is 282 g/mol. The van der Waals surface area contributed by atoms with Crippen molar-refractivity contribution in [2.45, 2.75) is 13.3 Å². The van der Waals surface area contributed by atoms with Gasteiger partial charge in [0.2, 0.25) is 5.91 Å². The monoisotopic (exact) mass is 281 g/mol. The summed E-state index contributed by atoms with van der Waals surface area (Å²) < 4.78 is 0. The van der Waals surface area contributed by atoms with Gasteiger partial charge in [0.05, 0.1) is 6.54 Å². The van der Waals surface area contributed by atoms with Gasteiger partial charge in [0.1, 0.15) is 0 Å². The summed E-state index contributed by atoms with van der Waals surface area (Å²) in [6.45, 7) is 5.07. The maximum Gasteiger partial charge on any atom is 0.238 e. The van der Waals surface area contributed by atoms with Crippen LogP contribution in [0.5, 0.6) is 0 Å². The van der Waals surface area contributed by atoms with Crippen LogP contribution in [0, 0.1) is 5.41 Å². The van der Waals surface area contributed by atoms with Gasteiger partial charge in [-0.25, -0.2) is 0 Å². The van der Waals surface area contributed by atoms with Crippen LogP contribution < -0.4 is 11.1 Å². The van der Waals surface area contributed by atoms with E-state index in [0.717, 1.165) is 25.2 Å². The van der Waals surface area contributed by atoms with Crippen molar-refractivity contribution in [1.82, 2.24) is 4.90 Å². The molecule has 1 saturated heterocycles. The van der Waals surface area contributed by atoms with E-state index in [9.17, 15) is 4.79 Å². The van der Waals surface area contributed by atoms with Crippen molar-refractivity contribution in [2.24, 2.45) is 11.1 Å². The van der Waals surface area contributed by atoms with Crippen LogP contribution in [0.3, 0.4) is 0 Å². The molecule has 1 fully saturated rings. The molecule has 5 heteroatoms. The Bertz CT molecular complexity index is 449. The minimum absolute atomic E-state index is 0.00333. The molecular formula is C14H20ClN3O. The fourth-order valence-corrected chi connectivity index (χ4v) is 2.49. The lowest BCUT2D eigenvalue weighted by Crippen LogP contribution is -2.35. The zero-order valence-corrected chi connectivity index (χ0v) is 11.9. The van der Waals surface area contributed by atoms with Crippen molar-refractivity contribution in [2.75, 3.05) is 31.5 Å². The van der Waals surface area contributed by atoms with E-state index in [0.29, 0.717) is 18.1 Å². The quantitative estimate of drug-likeness (QED) is 0.887. The lowest BCUT2D eigenvalue weighted by molar-refractivity contribution is -0.117. The van der Waals surface area contributed by atoms with E-state index in [4.69, 9.17) is 17.3 Å². The number of nitrogens with one attached hydrogen (secondary N) is 1. The number of likely N-dealkylation sites (tertiary alicyclic amines) is 1. The summed E-state index contributed by atoms with van der Waals surface area (Å²) in [5, 5.41) is 3.53. The van der Waals surface area contributed by atoms with Crippen molar-refractivity contribution in [1.29, 1.82) is 0 Å². The van der Waals surface area contributed by atoms with Crippen LogP contribution in [0.2, 0.25) is 5.02 Å². The van der Waals surface area contributed by atoms with Crippen LogP contribution in [0.15, 0.2) is 24.3 Å². The van der Waals surface area contributed by atoms with Crippen LogP contribution >= 0.6 is 11.6 Å². The van der Waals surface area contributed by atoms with E-state index in [-0.39, 0.29) is 11.3 Å². The molecule has 2 rings (SSSR count). The van der Waals surface area contributed by atoms with Crippen molar-refractivity contribution < 1.29 is 4.79 Å². The zero-order valence-electron chi connectivity index (χ0n) is 11.2. The molecule has 1 aromatic rings. The number of hydrogen-bond acceptors (Lipinski definition) is 3. The molecule has 1 amide bonds. The second-order valence-corrected chi connectivity index (χ2v) is 5.97. The van der Waals surface area contributed by atoms with Crippen molar-refractivity contribution in [3.63, 3.8) is 0 Å². The van der Waals surface area contributed by atoms with Crippen molar-refractivity contribution >= 4 is 23.2 Å². The second-order valence-electron chi connectivity index (χ2n) is 5.53. The first-order chi connectivity index (χ1) is 9.00. The highest BCUT2D eigenvalue weighted by molar-refractivity contribution is 6.30. The molecule has 1 aromatic carbocycles. The molecule has 1 unspecified atom stereocenters. The smallest absolute Gasteiger partial charge is 0.238 e. The second kappa shape index (κ2) is 5.90. The van der Waals surface area contributed by atoms with Crippen molar-refractivity contribution in [3.05, 3.63) is 29.3 Å². The van der Waals surface area contributed by atoms with Crippen LogP contribution in [0.1, 0.15) is 13.3 Å². The number of halogens is 1. The normalized spacial score (nSPS) is 23.5. The Morgan fingerprint density at radius 3 is 2.74 bits per heavy atom. The van der Waals surface area contributed by atoms with Gasteiger partial charge in [0.15, 0.2) is 0 Å². The first kappa shape index (κ1) is 14.3. The zero-order chi connectivity index (χ0) is 13.9. The van der Waals surface area contributed by atoms with Crippen LogP contribution in [-0.4, -0.2) is 37.0 Å². The van der Waals surface area contributed by atoms with Gasteiger partial charge in [-0.3, -0.25) is 9.69 Å². The highest BCUT2D eigenvalue weighted by Gasteiger charge is 2.32. The summed E-state index contributed by atoms with van der Waals surface area (Å²) in [6.07, 6.45) is 1.05. The molecule has 1 aliphatic heterocycles. The third-order valence-electron chi connectivity index (χ3n) is 3.62. The topological polar surface area (TPSA) is 58.4 Å². The Hall–Kier alpha value is -1.10. The fraction of sp³-hybridized carbons (Fsp3) is 0.500. The number of nitrogens with zero attached hydrogens (tertiary/aromatic N) is 1. The Balaban J connectivity index is 1.84. The van der Waals surface area contributed by atoms with Gasteiger partial charge < -0.3 is 11.1 Å². The van der Waals surface area contributed by atoms with Gasteiger partial charge in [-0.1, -0.05) is 18.5 Å². The summed E-state index contributed by atoms with van der Waals surface area (Å²) in [6, 6.07) is 7.12. The van der Waals surface area contributed by atoms with Gasteiger partial charge in [-0.05, 0) is 49.2 Å². The lowest BCUT2D eigenvalue weighted by atomic mass is 9.90. The summed E-state index contributed by atoms with van der Waals surface area (Å²) in [7, 11) is 0. The maximum absolute atomic E-state index is 11.9. The third-order valence-corrected chi connectivity index (χ3v) is 3.88. The molecule has 0 aromatic heterocycles. The predicted octanol–water partition coefficient (Wildman–Crippen LogP) is 1.95. The van der Waals surface area contributed by atoms with Gasteiger partial charge in [0, 0.05) is 17.3 Å². The number of benzene rings is 1. The Kier molecular flexibility index (Phi) is 4.45. The average Bonchev–Trinajstić information content (AvgIpc) is 2.74. The van der Waals surface area contributed by atoms with E-state index in [1.807, 2.05) is 0 Å². The van der Waals surface area contributed by atoms with E-state index < -0.39 is 0 Å². The van der Waals surface area contributed by atoms with Gasteiger partial charge >= 0.3 is 0 Å². The van der Waals surface area contributed by atoms with Gasteiger partial charge in [-0.2, -0.15) is 0 Å². The summed E-state index contributed by atoms with van der Waals surface area (Å²) in [5.41, 5.74) is 6.69. The maximum atomic E-state index is 11.9. The van der Waals surface area contributed by atoms with Gasteiger partial charge in [0.25, 0.3) is 0 Å². The molecule has 0 saturated carbocycles. The molecule has 19 heavy (non-hydrogen) atoms. The fourth-order valence-electron chi connectivity index (χ4n) is 2.36. The largest absolute Gasteiger partial charge is 0.330 e. The molecule has 1 atom stereocenters. The Morgan fingerprint density at radius 1 is 1.47 bits per heavy atom. The highest BCUT2D eigenvalue weighted by Crippen LogP contribution is 2.28. The van der Waals surface area contributed by atoms with Crippen molar-refractivity contribution in [3.8, 4) is 0 Å². The van der Waals surface area contributed by atoms with Gasteiger partial charge in [-0.15, -0.1) is 0 Å². The molecule has 1 heterocycles. The molecule has 0 aliphatic carbocycles. The lowest BCUT2D eigenvalue weighted by Gasteiger charge is -2.22. The molecule has 1 aliphatic rings. The molecule has 0 spiro atoms. The highest BCUT2D eigenvalue weighted by atomic mass is 35.5. The molecule has 104 valence electrons. The predicted molar refractivity (Wildman–Crippen MR) is 78.3 cm³/mol. The molecule has 0 radical (unpaired) electrons. The van der Waals surface area contributed by atoms with E-state index in [1.54, 1.807) is 24.3 Å². The Labute approximate surface area is 118 Å². The SMILES string of the molecule is CC1(CN)CCN(CC(=O)Nc2ccc(Cl)cc2)C1. The standard InChI is InChI=1S/C14H20ClN3O/c1-14(9-16)6-7-18(10-14)8-13(19)17-12-4-2-11(15)3-5-12/h2-5H,6-10,16H2,1H3,(H,17,19). The molecule has 4 nitrogen and oxygen atoms in total. The van der Waals surface area contributed by atoms with Crippen LogP contribution in [-0.2, 0) is 4.79 Å².